The van der Waals surface area contributed by atoms with Crippen LogP contribution in [-0.2, 0) is 51.4 Å². The summed E-state index contributed by atoms with van der Waals surface area (Å²) in [6.07, 6.45) is 2.81. The number of aromatic nitrogens is 3. The molecule has 0 saturated carbocycles. The zero-order valence-electron chi connectivity index (χ0n) is 25.7. The molecular weight excluding hydrogens is 633 g/mol. The molecule has 3 aromatic carbocycles. The molecule has 2 aliphatic rings. The average molecular weight is 666 g/mol. The summed E-state index contributed by atoms with van der Waals surface area (Å²) in [5.41, 5.74) is 4.56. The molecule has 7 rings (SSSR count). The maximum absolute atomic E-state index is 14.2. The maximum Gasteiger partial charge on any atom is 0.250 e. The summed E-state index contributed by atoms with van der Waals surface area (Å²) < 4.78 is 14.8. The van der Waals surface area contributed by atoms with Gasteiger partial charge in [-0.15, -0.1) is 11.3 Å². The lowest BCUT2D eigenvalue weighted by atomic mass is 10.0. The van der Waals surface area contributed by atoms with Gasteiger partial charge in [-0.05, 0) is 64.1 Å². The third-order valence-corrected chi connectivity index (χ3v) is 9.86. The fourth-order valence-electron chi connectivity index (χ4n) is 6.51. The smallest absolute Gasteiger partial charge is 0.250 e. The topological polar surface area (TPSA) is 149 Å². The molecule has 0 unspecified atom stereocenters. The van der Waals surface area contributed by atoms with Crippen molar-refractivity contribution in [2.45, 2.75) is 56.8 Å². The zero-order valence-corrected chi connectivity index (χ0v) is 26.6. The number of amides is 4. The fraction of sp³-hybridized carbons (Fsp3) is 0.257. The molecule has 3 atom stereocenters. The van der Waals surface area contributed by atoms with E-state index >= 15 is 0 Å². The summed E-state index contributed by atoms with van der Waals surface area (Å²) >= 11 is 1.54. The summed E-state index contributed by atoms with van der Waals surface area (Å²) in [6, 6.07) is 16.5. The molecule has 0 bridgehead atoms. The lowest BCUT2D eigenvalue weighted by molar-refractivity contribution is -0.132. The van der Waals surface area contributed by atoms with Gasteiger partial charge in [0.1, 0.15) is 29.6 Å². The first kappa shape index (κ1) is 31.2. The molecule has 4 amide bonds. The molecule has 4 N–H and O–H groups in total. The van der Waals surface area contributed by atoms with Crippen LogP contribution in [0.2, 0.25) is 0 Å². The molecule has 244 valence electrons. The number of halogens is 1. The summed E-state index contributed by atoms with van der Waals surface area (Å²) in [5, 5.41) is 21.8. The minimum absolute atomic E-state index is 0.0660. The summed E-state index contributed by atoms with van der Waals surface area (Å²) in [4.78, 5) is 56.5. The van der Waals surface area contributed by atoms with Crippen LogP contribution in [0, 0.1) is 5.82 Å². The Morgan fingerprint density at radius 1 is 1.04 bits per heavy atom. The van der Waals surface area contributed by atoms with Crippen molar-refractivity contribution in [2.75, 3.05) is 4.90 Å². The predicted octanol–water partition coefficient (Wildman–Crippen LogP) is 3.13. The first-order chi connectivity index (χ1) is 23.3. The van der Waals surface area contributed by atoms with E-state index in [4.69, 9.17) is 0 Å². The third kappa shape index (κ3) is 6.41. The number of para-hydroxylation sites is 1. The molecule has 2 aromatic heterocycles. The second kappa shape index (κ2) is 13.4. The molecule has 2 aliphatic heterocycles. The lowest BCUT2D eigenvalue weighted by Crippen LogP contribution is -2.57. The number of aryl methyl sites for hydroxylation is 1. The van der Waals surface area contributed by atoms with E-state index in [1.54, 1.807) is 23.5 Å². The second-order valence-electron chi connectivity index (χ2n) is 12.0. The summed E-state index contributed by atoms with van der Waals surface area (Å²) in [5.74, 6) is -2.05. The van der Waals surface area contributed by atoms with Crippen molar-refractivity contribution in [3.8, 4) is 0 Å². The number of carbonyl (C=O) groups is 4. The van der Waals surface area contributed by atoms with E-state index < -0.39 is 35.8 Å². The third-order valence-electron chi connectivity index (χ3n) is 8.85. The SMILES string of the molecule is O=C(Cc1csc2ccccc12)N[C@@H](Cc1ccc(F)cc1)C(=O)N[C@H]1CCc2cccc3c2N(C1=O)[C@H](C(=O)NCc1cn[nH]n1)C3. The first-order valence-corrected chi connectivity index (χ1v) is 16.6. The van der Waals surface area contributed by atoms with Crippen molar-refractivity contribution in [1.82, 2.24) is 31.4 Å². The van der Waals surface area contributed by atoms with Crippen molar-refractivity contribution in [3.63, 3.8) is 0 Å². The Balaban J connectivity index is 1.10. The van der Waals surface area contributed by atoms with Crippen molar-refractivity contribution in [3.05, 3.63) is 112 Å². The van der Waals surface area contributed by atoms with Crippen molar-refractivity contribution >= 4 is 50.7 Å². The molecule has 11 nitrogen and oxygen atoms in total. The lowest BCUT2D eigenvalue weighted by Gasteiger charge is -2.29. The zero-order chi connectivity index (χ0) is 33.2. The van der Waals surface area contributed by atoms with Gasteiger partial charge < -0.3 is 16.0 Å². The Morgan fingerprint density at radius 2 is 1.85 bits per heavy atom. The van der Waals surface area contributed by atoms with Crippen molar-refractivity contribution < 1.29 is 23.6 Å². The minimum Gasteiger partial charge on any atom is -0.348 e. The normalized spacial score (nSPS) is 17.4. The van der Waals surface area contributed by atoms with Crippen LogP contribution in [0.5, 0.6) is 0 Å². The highest BCUT2D eigenvalue weighted by Crippen LogP contribution is 2.39. The Hall–Kier alpha value is -5.43. The molecule has 13 heteroatoms. The number of hydrogen-bond acceptors (Lipinski definition) is 7. The van der Waals surface area contributed by atoms with Gasteiger partial charge in [0.05, 0.1) is 24.8 Å². The van der Waals surface area contributed by atoms with Crippen LogP contribution in [0.4, 0.5) is 10.1 Å². The molecule has 5 aromatic rings. The largest absolute Gasteiger partial charge is 0.348 e. The fourth-order valence-corrected chi connectivity index (χ4v) is 7.47. The quantitative estimate of drug-likeness (QED) is 0.180. The highest BCUT2D eigenvalue weighted by Gasteiger charge is 2.44. The summed E-state index contributed by atoms with van der Waals surface area (Å²) in [7, 11) is 0. The van der Waals surface area contributed by atoms with E-state index in [-0.39, 0.29) is 31.2 Å². The van der Waals surface area contributed by atoms with E-state index in [0.717, 1.165) is 26.8 Å². The number of rotatable bonds is 10. The van der Waals surface area contributed by atoms with Gasteiger partial charge in [-0.2, -0.15) is 15.4 Å². The Morgan fingerprint density at radius 3 is 2.67 bits per heavy atom. The second-order valence-corrected chi connectivity index (χ2v) is 12.9. The van der Waals surface area contributed by atoms with Gasteiger partial charge in [-0.1, -0.05) is 48.5 Å². The van der Waals surface area contributed by atoms with Gasteiger partial charge in [0, 0.05) is 17.5 Å². The summed E-state index contributed by atoms with van der Waals surface area (Å²) in [6.45, 7) is 0.142. The van der Waals surface area contributed by atoms with E-state index in [1.807, 2.05) is 47.8 Å². The Labute approximate surface area is 278 Å². The number of anilines is 1. The molecule has 0 fully saturated rings. The Kier molecular flexibility index (Phi) is 8.68. The van der Waals surface area contributed by atoms with E-state index in [1.165, 1.54) is 23.2 Å². The molecule has 48 heavy (non-hydrogen) atoms. The van der Waals surface area contributed by atoms with Gasteiger partial charge in [-0.3, -0.25) is 24.1 Å². The van der Waals surface area contributed by atoms with E-state index in [9.17, 15) is 23.6 Å². The maximum atomic E-state index is 14.2. The number of carbonyl (C=O) groups excluding carboxylic acids is 4. The monoisotopic (exact) mass is 665 g/mol. The first-order valence-electron chi connectivity index (χ1n) is 15.7. The standard InChI is InChI=1S/C35H32FN7O4S/c36-24-11-8-20(9-12-24)14-28(39-31(44)16-23-19-48-30-7-2-1-6-26(23)30)33(45)40-27-13-10-21-4-3-5-22-15-29(43(32(21)22)35(27)47)34(46)37-17-25-18-38-42-41-25/h1-9,11-12,18-19,27-29H,10,13-17H2,(H,37,46)(H,39,44)(H,40,45)(H,38,41,42)/t27-,28-,29-/m0/s1. The number of hydrogen-bond donors (Lipinski definition) is 4. The molecule has 0 aliphatic carbocycles. The van der Waals surface area contributed by atoms with Crippen LogP contribution in [-0.4, -0.2) is 57.2 Å². The van der Waals surface area contributed by atoms with Crippen molar-refractivity contribution in [2.24, 2.45) is 0 Å². The number of nitrogens with one attached hydrogen (secondary N) is 4. The van der Waals surface area contributed by atoms with Gasteiger partial charge in [0.2, 0.25) is 23.6 Å². The van der Waals surface area contributed by atoms with E-state index in [2.05, 4.69) is 31.4 Å². The molecular formula is C35H32FN7O4S. The van der Waals surface area contributed by atoms with E-state index in [0.29, 0.717) is 36.2 Å². The number of aromatic amines is 1. The van der Waals surface area contributed by atoms with Crippen LogP contribution in [0.25, 0.3) is 10.1 Å². The molecule has 0 radical (unpaired) electrons. The average Bonchev–Trinajstić information content (AvgIpc) is 3.83. The van der Waals surface area contributed by atoms with Crippen LogP contribution in [0.15, 0.2) is 78.3 Å². The van der Waals surface area contributed by atoms with Gasteiger partial charge >= 0.3 is 0 Å². The highest BCUT2D eigenvalue weighted by molar-refractivity contribution is 7.17. The highest BCUT2D eigenvalue weighted by atomic mass is 32.1. The van der Waals surface area contributed by atoms with Crippen LogP contribution < -0.4 is 20.9 Å². The van der Waals surface area contributed by atoms with Crippen LogP contribution >= 0.6 is 11.3 Å². The number of benzene rings is 3. The van der Waals surface area contributed by atoms with Gasteiger partial charge in [-0.25, -0.2) is 4.39 Å². The Bertz CT molecular complexity index is 2000. The number of fused-ring (bicyclic) bond motifs is 1. The number of nitrogens with zero attached hydrogens (tertiary/aromatic N) is 3. The molecule has 0 saturated heterocycles. The van der Waals surface area contributed by atoms with Gasteiger partial charge in [0.25, 0.3) is 0 Å². The minimum atomic E-state index is -1.04. The predicted molar refractivity (Wildman–Crippen MR) is 177 cm³/mol. The van der Waals surface area contributed by atoms with Gasteiger partial charge in [0.15, 0.2) is 0 Å². The van der Waals surface area contributed by atoms with Crippen LogP contribution in [0.3, 0.4) is 0 Å². The van der Waals surface area contributed by atoms with Crippen molar-refractivity contribution in [1.29, 1.82) is 0 Å². The molecule has 0 spiro atoms. The number of thiophene rings is 1. The molecule has 4 heterocycles. The number of H-pyrrole nitrogens is 1. The van der Waals surface area contributed by atoms with Crippen LogP contribution in [0.1, 0.15) is 34.4 Å².